The van der Waals surface area contributed by atoms with Gasteiger partial charge < -0.3 is 15.9 Å². The molecule has 0 atom stereocenters. The van der Waals surface area contributed by atoms with E-state index in [0.29, 0.717) is 11.0 Å². The van der Waals surface area contributed by atoms with Crippen LogP contribution in [0.1, 0.15) is 25.7 Å². The molecule has 1 fully saturated rings. The standard InChI is InChI=1S/C17H22N6O3S/c1-26-13-8-6-11(7-9-13)15-21-22-17(23(15)18)27-10-14(24)20-16(25)19-12-4-2-3-5-12/h6-9,12H,2-5,10,18H2,1H3,(H2,19,20,24,25). The van der Waals surface area contributed by atoms with Crippen molar-refractivity contribution in [2.45, 2.75) is 36.9 Å². The van der Waals surface area contributed by atoms with Gasteiger partial charge in [0.2, 0.25) is 11.1 Å². The molecule has 9 nitrogen and oxygen atoms in total. The molecule has 0 aliphatic heterocycles. The van der Waals surface area contributed by atoms with E-state index in [9.17, 15) is 9.59 Å². The minimum atomic E-state index is -0.458. The fourth-order valence-corrected chi connectivity index (χ4v) is 3.55. The van der Waals surface area contributed by atoms with Gasteiger partial charge in [0.05, 0.1) is 12.9 Å². The number of methoxy groups -OCH3 is 1. The molecule has 10 heteroatoms. The van der Waals surface area contributed by atoms with E-state index in [4.69, 9.17) is 10.6 Å². The number of ether oxygens (including phenoxy) is 1. The highest BCUT2D eigenvalue weighted by atomic mass is 32.2. The normalized spacial score (nSPS) is 14.1. The Labute approximate surface area is 161 Å². The summed E-state index contributed by atoms with van der Waals surface area (Å²) in [6.45, 7) is 0. The second-order valence-electron chi connectivity index (χ2n) is 6.20. The number of carbonyl (C=O) groups is 2. The highest BCUT2D eigenvalue weighted by Crippen LogP contribution is 2.23. The summed E-state index contributed by atoms with van der Waals surface area (Å²) in [5.41, 5.74) is 0.776. The predicted octanol–water partition coefficient (Wildman–Crippen LogP) is 1.53. The van der Waals surface area contributed by atoms with Crippen LogP contribution in [0.3, 0.4) is 0 Å². The Morgan fingerprint density at radius 2 is 1.96 bits per heavy atom. The van der Waals surface area contributed by atoms with E-state index in [1.165, 1.54) is 4.68 Å². The molecular weight excluding hydrogens is 368 g/mol. The van der Waals surface area contributed by atoms with Gasteiger partial charge >= 0.3 is 6.03 Å². The number of thioether (sulfide) groups is 1. The summed E-state index contributed by atoms with van der Waals surface area (Å²) < 4.78 is 6.44. The number of amides is 3. The number of urea groups is 1. The first-order valence-electron chi connectivity index (χ1n) is 8.65. The van der Waals surface area contributed by atoms with E-state index in [-0.39, 0.29) is 11.8 Å². The number of aromatic nitrogens is 3. The molecule has 1 heterocycles. The Kier molecular flexibility index (Phi) is 6.17. The van der Waals surface area contributed by atoms with Crippen LogP contribution in [0, 0.1) is 0 Å². The van der Waals surface area contributed by atoms with E-state index in [0.717, 1.165) is 48.8 Å². The lowest BCUT2D eigenvalue weighted by molar-refractivity contribution is -0.117. The van der Waals surface area contributed by atoms with Crippen molar-refractivity contribution in [1.82, 2.24) is 25.5 Å². The van der Waals surface area contributed by atoms with Crippen LogP contribution in [-0.2, 0) is 4.79 Å². The Morgan fingerprint density at radius 3 is 2.63 bits per heavy atom. The van der Waals surface area contributed by atoms with Crippen molar-refractivity contribution in [2.75, 3.05) is 18.7 Å². The quantitative estimate of drug-likeness (QED) is 0.505. The van der Waals surface area contributed by atoms with Crippen molar-refractivity contribution >= 4 is 23.7 Å². The van der Waals surface area contributed by atoms with E-state index in [2.05, 4.69) is 20.8 Å². The van der Waals surface area contributed by atoms with Gasteiger partial charge in [-0.05, 0) is 37.1 Å². The van der Waals surface area contributed by atoms with Crippen LogP contribution in [0.5, 0.6) is 5.75 Å². The van der Waals surface area contributed by atoms with Crippen LogP contribution in [0.2, 0.25) is 0 Å². The molecule has 3 rings (SSSR count). The molecule has 3 amide bonds. The van der Waals surface area contributed by atoms with Gasteiger partial charge in [-0.2, -0.15) is 0 Å². The summed E-state index contributed by atoms with van der Waals surface area (Å²) in [6.07, 6.45) is 4.14. The first kappa shape index (κ1) is 19.0. The number of hydrogen-bond donors (Lipinski definition) is 3. The molecule has 2 aromatic rings. The molecule has 4 N–H and O–H groups in total. The first-order valence-corrected chi connectivity index (χ1v) is 9.63. The molecule has 0 bridgehead atoms. The molecule has 0 saturated heterocycles. The number of nitrogens with two attached hydrogens (primary N) is 1. The van der Waals surface area contributed by atoms with Crippen molar-refractivity contribution in [3.05, 3.63) is 24.3 Å². The van der Waals surface area contributed by atoms with Gasteiger partial charge in [0.25, 0.3) is 0 Å². The molecule has 1 aromatic carbocycles. The van der Waals surface area contributed by atoms with Crippen molar-refractivity contribution in [2.24, 2.45) is 0 Å². The molecular formula is C17H22N6O3S. The van der Waals surface area contributed by atoms with E-state index in [1.807, 2.05) is 12.1 Å². The average molecular weight is 390 g/mol. The van der Waals surface area contributed by atoms with Gasteiger partial charge in [-0.1, -0.05) is 24.6 Å². The van der Waals surface area contributed by atoms with Gasteiger partial charge in [-0.25, -0.2) is 9.47 Å². The summed E-state index contributed by atoms with van der Waals surface area (Å²) >= 11 is 1.11. The molecule has 27 heavy (non-hydrogen) atoms. The van der Waals surface area contributed by atoms with E-state index < -0.39 is 11.9 Å². The Morgan fingerprint density at radius 1 is 1.26 bits per heavy atom. The zero-order chi connectivity index (χ0) is 19.2. The number of hydrogen-bond acceptors (Lipinski definition) is 7. The molecule has 1 aromatic heterocycles. The summed E-state index contributed by atoms with van der Waals surface area (Å²) in [4.78, 5) is 23.8. The van der Waals surface area contributed by atoms with Crippen molar-refractivity contribution in [3.8, 4) is 17.1 Å². The molecule has 1 aliphatic carbocycles. The predicted molar refractivity (Wildman–Crippen MR) is 102 cm³/mol. The lowest BCUT2D eigenvalue weighted by Gasteiger charge is -2.12. The highest BCUT2D eigenvalue weighted by molar-refractivity contribution is 7.99. The maximum atomic E-state index is 12.0. The fourth-order valence-electron chi connectivity index (χ4n) is 2.90. The van der Waals surface area contributed by atoms with E-state index in [1.54, 1.807) is 19.2 Å². The molecule has 1 aliphatic rings. The number of nitrogen functional groups attached to an aromatic ring is 1. The number of benzene rings is 1. The van der Waals surface area contributed by atoms with Gasteiger partial charge in [0.15, 0.2) is 5.82 Å². The Balaban J connectivity index is 1.52. The largest absolute Gasteiger partial charge is 0.497 e. The van der Waals surface area contributed by atoms with Crippen molar-refractivity contribution in [1.29, 1.82) is 0 Å². The Bertz CT molecular complexity index is 802. The molecule has 0 unspecified atom stereocenters. The zero-order valence-electron chi connectivity index (χ0n) is 15.0. The monoisotopic (exact) mass is 390 g/mol. The van der Waals surface area contributed by atoms with Crippen LogP contribution >= 0.6 is 11.8 Å². The van der Waals surface area contributed by atoms with Gasteiger partial charge in [0, 0.05) is 11.6 Å². The van der Waals surface area contributed by atoms with E-state index >= 15 is 0 Å². The highest BCUT2D eigenvalue weighted by Gasteiger charge is 2.19. The number of nitrogens with one attached hydrogen (secondary N) is 2. The van der Waals surface area contributed by atoms with Crippen LogP contribution < -0.4 is 21.2 Å². The first-order chi connectivity index (χ1) is 13.1. The second kappa shape index (κ2) is 8.76. The topological polar surface area (TPSA) is 124 Å². The van der Waals surface area contributed by atoms with Crippen LogP contribution in [-0.4, -0.2) is 45.7 Å². The third-order valence-corrected chi connectivity index (χ3v) is 5.23. The molecule has 0 spiro atoms. The summed E-state index contributed by atoms with van der Waals surface area (Å²) in [7, 11) is 1.59. The molecule has 144 valence electrons. The van der Waals surface area contributed by atoms with Crippen LogP contribution in [0.25, 0.3) is 11.4 Å². The average Bonchev–Trinajstić information content (AvgIpc) is 3.30. The minimum absolute atomic E-state index is 0.00995. The van der Waals surface area contributed by atoms with Crippen LogP contribution in [0.15, 0.2) is 29.4 Å². The maximum absolute atomic E-state index is 12.0. The number of carbonyl (C=O) groups excluding carboxylic acids is 2. The maximum Gasteiger partial charge on any atom is 0.321 e. The smallest absolute Gasteiger partial charge is 0.321 e. The summed E-state index contributed by atoms with van der Waals surface area (Å²) in [6, 6.07) is 6.94. The zero-order valence-corrected chi connectivity index (χ0v) is 15.8. The summed E-state index contributed by atoms with van der Waals surface area (Å²) in [5.74, 6) is 6.83. The molecule has 0 radical (unpaired) electrons. The van der Waals surface area contributed by atoms with Gasteiger partial charge in [0.1, 0.15) is 5.75 Å². The van der Waals surface area contributed by atoms with Gasteiger partial charge in [-0.3, -0.25) is 10.1 Å². The lowest BCUT2D eigenvalue weighted by atomic mass is 10.2. The lowest BCUT2D eigenvalue weighted by Crippen LogP contribution is -2.44. The Hall–Kier alpha value is -2.75. The SMILES string of the molecule is COc1ccc(-c2nnc(SCC(=O)NC(=O)NC3CCCC3)n2N)cc1. The third-order valence-electron chi connectivity index (χ3n) is 4.29. The second-order valence-corrected chi connectivity index (χ2v) is 7.14. The summed E-state index contributed by atoms with van der Waals surface area (Å²) in [5, 5.41) is 13.6. The van der Waals surface area contributed by atoms with Gasteiger partial charge in [-0.15, -0.1) is 10.2 Å². The number of imide groups is 1. The van der Waals surface area contributed by atoms with Crippen molar-refractivity contribution < 1.29 is 14.3 Å². The molecule has 1 saturated carbocycles. The third kappa shape index (κ3) is 4.91. The van der Waals surface area contributed by atoms with Crippen molar-refractivity contribution in [3.63, 3.8) is 0 Å². The number of rotatable bonds is 6. The van der Waals surface area contributed by atoms with Crippen LogP contribution in [0.4, 0.5) is 4.79 Å². The number of nitrogens with zero attached hydrogens (tertiary/aromatic N) is 3. The minimum Gasteiger partial charge on any atom is -0.497 e. The fraction of sp³-hybridized carbons (Fsp3) is 0.412.